The normalized spacial score (nSPS) is 14.6. The summed E-state index contributed by atoms with van der Waals surface area (Å²) in [5, 5.41) is 0. The monoisotopic (exact) mass is 376 g/mol. The molecule has 0 aliphatic heterocycles. The lowest BCUT2D eigenvalue weighted by Crippen LogP contribution is -2.31. The van der Waals surface area contributed by atoms with Gasteiger partial charge in [-0.3, -0.25) is 4.79 Å². The van der Waals surface area contributed by atoms with Crippen molar-refractivity contribution in [2.75, 3.05) is 0 Å². The summed E-state index contributed by atoms with van der Waals surface area (Å²) < 4.78 is 18.2. The molecule has 0 heterocycles. The van der Waals surface area contributed by atoms with Crippen molar-refractivity contribution in [1.82, 2.24) is 0 Å². The van der Waals surface area contributed by atoms with E-state index in [-0.39, 0.29) is 17.7 Å². The van der Waals surface area contributed by atoms with Gasteiger partial charge in [0.1, 0.15) is 15.3 Å². The first kappa shape index (κ1) is 16.1. The van der Waals surface area contributed by atoms with Crippen LogP contribution in [0.1, 0.15) is 32.3 Å². The quantitative estimate of drug-likeness (QED) is 0.340. The summed E-state index contributed by atoms with van der Waals surface area (Å²) in [6, 6.07) is 6.20. The van der Waals surface area contributed by atoms with Crippen LogP contribution in [-0.4, -0.2) is 15.5 Å². The van der Waals surface area contributed by atoms with Gasteiger partial charge < -0.3 is 4.74 Å². The molecule has 0 aliphatic rings. The third kappa shape index (κ3) is 4.93. The molecule has 2 atom stereocenters. The first-order valence-electron chi connectivity index (χ1n) is 5.99. The second kappa shape index (κ2) is 6.50. The highest BCUT2D eigenvalue weighted by Gasteiger charge is 2.29. The fourth-order valence-electron chi connectivity index (χ4n) is 1.64. The van der Waals surface area contributed by atoms with Crippen LogP contribution in [0.15, 0.2) is 36.9 Å². The van der Waals surface area contributed by atoms with Gasteiger partial charge in [-0.15, -0.1) is 6.58 Å². The van der Waals surface area contributed by atoms with Gasteiger partial charge in [0.05, 0.1) is 0 Å². The van der Waals surface area contributed by atoms with E-state index < -0.39 is 9.53 Å². The molecule has 0 aromatic heterocycles. The standard InChI is InChI=1S/C15H18FIO2/c1-5-12(10-7-6-8-11(16)9-10)13(17)14(18)19-15(2,3)4/h5-9,12-13H,1H2,2-4H3/t12-,13+/m0/s1. The molecule has 1 aromatic carbocycles. The molecule has 0 saturated heterocycles. The molecule has 0 spiro atoms. The maximum Gasteiger partial charge on any atom is 0.320 e. The Morgan fingerprint density at radius 3 is 2.58 bits per heavy atom. The van der Waals surface area contributed by atoms with Crippen molar-refractivity contribution in [2.45, 2.75) is 36.2 Å². The maximum absolute atomic E-state index is 13.2. The minimum absolute atomic E-state index is 0.272. The average molecular weight is 376 g/mol. The molecule has 0 aliphatic carbocycles. The van der Waals surface area contributed by atoms with Gasteiger partial charge in [0.25, 0.3) is 0 Å². The molecule has 0 unspecified atom stereocenters. The third-order valence-corrected chi connectivity index (χ3v) is 3.72. The number of carbonyl (C=O) groups is 1. The van der Waals surface area contributed by atoms with E-state index in [9.17, 15) is 9.18 Å². The van der Waals surface area contributed by atoms with Crippen LogP contribution in [-0.2, 0) is 9.53 Å². The number of hydrogen-bond donors (Lipinski definition) is 0. The number of halogens is 2. The van der Waals surface area contributed by atoms with Crippen molar-refractivity contribution in [3.05, 3.63) is 48.3 Å². The van der Waals surface area contributed by atoms with Crippen molar-refractivity contribution in [2.24, 2.45) is 0 Å². The molecular weight excluding hydrogens is 358 g/mol. The van der Waals surface area contributed by atoms with Crippen molar-refractivity contribution in [3.8, 4) is 0 Å². The van der Waals surface area contributed by atoms with E-state index in [0.29, 0.717) is 0 Å². The molecule has 0 fully saturated rings. The SMILES string of the molecule is C=C[C@@H](c1cccc(F)c1)[C@@H](I)C(=O)OC(C)(C)C. The summed E-state index contributed by atoms with van der Waals surface area (Å²) in [7, 11) is 0. The number of alkyl halides is 1. The van der Waals surface area contributed by atoms with Gasteiger partial charge in [-0.05, 0) is 38.5 Å². The van der Waals surface area contributed by atoms with Crippen LogP contribution in [0, 0.1) is 5.82 Å². The molecule has 1 aromatic rings. The zero-order valence-electron chi connectivity index (χ0n) is 11.3. The Kier molecular flexibility index (Phi) is 5.52. The Bertz CT molecular complexity index is 465. The summed E-state index contributed by atoms with van der Waals surface area (Å²) in [6.07, 6.45) is 1.65. The van der Waals surface area contributed by atoms with Gasteiger partial charge in [0.15, 0.2) is 0 Å². The number of rotatable bonds is 4. The van der Waals surface area contributed by atoms with Crippen molar-refractivity contribution in [3.63, 3.8) is 0 Å². The lowest BCUT2D eigenvalue weighted by Gasteiger charge is -2.24. The van der Waals surface area contributed by atoms with E-state index in [0.717, 1.165) is 5.56 Å². The van der Waals surface area contributed by atoms with Crippen LogP contribution in [0.3, 0.4) is 0 Å². The van der Waals surface area contributed by atoms with Crippen LogP contribution in [0.4, 0.5) is 4.39 Å². The number of ether oxygens (including phenoxy) is 1. The van der Waals surface area contributed by atoms with E-state index in [1.807, 2.05) is 43.4 Å². The smallest absolute Gasteiger partial charge is 0.320 e. The number of esters is 1. The largest absolute Gasteiger partial charge is 0.459 e. The zero-order valence-corrected chi connectivity index (χ0v) is 13.5. The van der Waals surface area contributed by atoms with Crippen LogP contribution < -0.4 is 0 Å². The van der Waals surface area contributed by atoms with Gasteiger partial charge in [-0.25, -0.2) is 4.39 Å². The van der Waals surface area contributed by atoms with E-state index in [4.69, 9.17) is 4.74 Å². The maximum atomic E-state index is 13.2. The molecule has 1 rings (SSSR count). The van der Waals surface area contributed by atoms with Gasteiger partial charge in [0.2, 0.25) is 0 Å². The molecule has 0 bridgehead atoms. The van der Waals surface area contributed by atoms with E-state index in [1.165, 1.54) is 12.1 Å². The third-order valence-electron chi connectivity index (χ3n) is 2.43. The average Bonchev–Trinajstić information content (AvgIpc) is 2.27. The Balaban J connectivity index is 2.91. The first-order chi connectivity index (χ1) is 8.74. The Hall–Kier alpha value is -0.910. The fourth-order valence-corrected chi connectivity index (χ4v) is 2.48. The summed E-state index contributed by atoms with van der Waals surface area (Å²) in [6.45, 7) is 9.19. The second-order valence-corrected chi connectivity index (χ2v) is 6.59. The predicted molar refractivity (Wildman–Crippen MR) is 83.0 cm³/mol. The zero-order chi connectivity index (χ0) is 14.6. The highest BCUT2D eigenvalue weighted by Crippen LogP contribution is 2.29. The second-order valence-electron chi connectivity index (χ2n) is 5.25. The Labute approximate surface area is 127 Å². The topological polar surface area (TPSA) is 26.3 Å². The molecule has 19 heavy (non-hydrogen) atoms. The summed E-state index contributed by atoms with van der Waals surface area (Å²) in [5.41, 5.74) is 0.189. The highest BCUT2D eigenvalue weighted by molar-refractivity contribution is 14.1. The van der Waals surface area contributed by atoms with Gasteiger partial charge in [-0.2, -0.15) is 0 Å². The number of carbonyl (C=O) groups excluding carboxylic acids is 1. The van der Waals surface area contributed by atoms with Crippen molar-refractivity contribution < 1.29 is 13.9 Å². The fraction of sp³-hybridized carbons (Fsp3) is 0.400. The van der Waals surface area contributed by atoms with Gasteiger partial charge >= 0.3 is 5.97 Å². The number of allylic oxidation sites excluding steroid dienone is 1. The number of benzene rings is 1. The molecule has 0 amide bonds. The molecule has 0 N–H and O–H groups in total. The molecule has 2 nitrogen and oxygen atoms in total. The minimum atomic E-state index is -0.534. The van der Waals surface area contributed by atoms with Crippen LogP contribution in [0.2, 0.25) is 0 Å². The molecule has 0 saturated carbocycles. The highest BCUT2D eigenvalue weighted by atomic mass is 127. The van der Waals surface area contributed by atoms with Crippen LogP contribution in [0.25, 0.3) is 0 Å². The number of hydrogen-bond acceptors (Lipinski definition) is 2. The summed E-state index contributed by atoms with van der Waals surface area (Å²) in [4.78, 5) is 12.0. The molecule has 104 valence electrons. The minimum Gasteiger partial charge on any atom is -0.459 e. The van der Waals surface area contributed by atoms with Crippen molar-refractivity contribution >= 4 is 28.6 Å². The Morgan fingerprint density at radius 2 is 2.11 bits per heavy atom. The summed E-state index contributed by atoms with van der Waals surface area (Å²) >= 11 is 2.02. The molecular formula is C15H18FIO2. The van der Waals surface area contributed by atoms with Gasteiger partial charge in [0, 0.05) is 5.92 Å². The molecule has 0 radical (unpaired) electrons. The Morgan fingerprint density at radius 1 is 1.47 bits per heavy atom. The van der Waals surface area contributed by atoms with E-state index in [2.05, 4.69) is 6.58 Å². The lowest BCUT2D eigenvalue weighted by atomic mass is 9.95. The predicted octanol–water partition coefficient (Wildman–Crippen LogP) is 4.24. The van der Waals surface area contributed by atoms with Gasteiger partial charge in [-0.1, -0.05) is 40.8 Å². The van der Waals surface area contributed by atoms with Crippen LogP contribution in [0.5, 0.6) is 0 Å². The lowest BCUT2D eigenvalue weighted by molar-refractivity contribution is -0.153. The summed E-state index contributed by atoms with van der Waals surface area (Å²) in [5.74, 6) is -0.912. The molecule has 4 heteroatoms. The first-order valence-corrected chi connectivity index (χ1v) is 7.24. The van der Waals surface area contributed by atoms with E-state index in [1.54, 1.807) is 18.2 Å². The van der Waals surface area contributed by atoms with Crippen molar-refractivity contribution in [1.29, 1.82) is 0 Å². The van der Waals surface area contributed by atoms with Crippen LogP contribution >= 0.6 is 22.6 Å². The van der Waals surface area contributed by atoms with E-state index >= 15 is 0 Å².